The lowest BCUT2D eigenvalue weighted by Crippen LogP contribution is -2.44. The first-order valence-corrected chi connectivity index (χ1v) is 10.9. The highest BCUT2D eigenvalue weighted by Crippen LogP contribution is 2.27. The van der Waals surface area contributed by atoms with Gasteiger partial charge in [-0.05, 0) is 12.1 Å². The molecule has 8 nitrogen and oxygen atoms in total. The quantitative estimate of drug-likeness (QED) is 0.794. The maximum absolute atomic E-state index is 13.3. The molecule has 1 N–H and O–H groups in total. The van der Waals surface area contributed by atoms with E-state index >= 15 is 0 Å². The highest BCUT2D eigenvalue weighted by molar-refractivity contribution is 6.03. The van der Waals surface area contributed by atoms with Gasteiger partial charge in [0, 0.05) is 42.5 Å². The number of hydrogen-bond donors (Lipinski definition) is 1. The number of fused-ring (bicyclic) bond motifs is 3. The number of benzene rings is 1. The van der Waals surface area contributed by atoms with Crippen LogP contribution in [-0.4, -0.2) is 77.9 Å². The van der Waals surface area contributed by atoms with E-state index in [1.54, 1.807) is 0 Å². The first-order chi connectivity index (χ1) is 14.8. The van der Waals surface area contributed by atoms with Crippen LogP contribution in [-0.2, 0) is 16.1 Å². The number of morpholine rings is 1. The van der Waals surface area contributed by atoms with Crippen LogP contribution in [0.25, 0.3) is 10.9 Å². The number of nitrogens with one attached hydrogen (secondary N) is 1. The largest absolute Gasteiger partial charge is 0.379 e. The molecule has 4 rings (SSSR count). The molecular weight excluding hydrogens is 394 g/mol. The van der Waals surface area contributed by atoms with Crippen molar-refractivity contribution < 1.29 is 14.3 Å². The van der Waals surface area contributed by atoms with E-state index in [1.807, 2.05) is 34.9 Å². The molecule has 0 unspecified atom stereocenters. The summed E-state index contributed by atoms with van der Waals surface area (Å²) in [6.07, 6.45) is 0. The molecule has 2 aliphatic heterocycles. The molecule has 1 aromatic carbocycles. The topological polar surface area (TPSA) is 79.2 Å². The van der Waals surface area contributed by atoms with Crippen molar-refractivity contribution in [3.8, 4) is 0 Å². The molecule has 0 saturated carbocycles. The van der Waals surface area contributed by atoms with Gasteiger partial charge in [0.2, 0.25) is 5.91 Å². The Balaban J connectivity index is 1.51. The van der Waals surface area contributed by atoms with Crippen LogP contribution in [0.5, 0.6) is 0 Å². The Morgan fingerprint density at radius 1 is 1.19 bits per heavy atom. The van der Waals surface area contributed by atoms with Gasteiger partial charge in [-0.15, -0.1) is 0 Å². The lowest BCUT2D eigenvalue weighted by Gasteiger charge is -2.26. The Labute approximate surface area is 182 Å². The van der Waals surface area contributed by atoms with Crippen LogP contribution in [0.3, 0.4) is 0 Å². The zero-order valence-electron chi connectivity index (χ0n) is 18.6. The second kappa shape index (κ2) is 8.80. The number of nitrogens with zero attached hydrogens (tertiary/aromatic N) is 4. The molecule has 31 heavy (non-hydrogen) atoms. The van der Waals surface area contributed by atoms with Gasteiger partial charge in [0.05, 0.1) is 25.5 Å². The lowest BCUT2D eigenvalue weighted by atomic mass is 9.90. The van der Waals surface area contributed by atoms with E-state index in [1.165, 1.54) is 5.01 Å². The van der Waals surface area contributed by atoms with Crippen LogP contribution < -0.4 is 5.32 Å². The van der Waals surface area contributed by atoms with E-state index in [4.69, 9.17) is 4.74 Å². The van der Waals surface area contributed by atoms with Gasteiger partial charge in [0.15, 0.2) is 0 Å². The van der Waals surface area contributed by atoms with E-state index in [9.17, 15) is 9.59 Å². The summed E-state index contributed by atoms with van der Waals surface area (Å²) < 4.78 is 7.36. The Bertz CT molecular complexity index is 998. The second-order valence-corrected chi connectivity index (χ2v) is 9.14. The molecule has 0 aliphatic carbocycles. The van der Waals surface area contributed by atoms with E-state index in [-0.39, 0.29) is 23.8 Å². The van der Waals surface area contributed by atoms with E-state index in [0.717, 1.165) is 49.5 Å². The Morgan fingerprint density at radius 3 is 2.68 bits per heavy atom. The Hall–Kier alpha value is -2.71. The number of aromatic nitrogens is 1. The number of para-hydroxylation sites is 1. The van der Waals surface area contributed by atoms with Gasteiger partial charge >= 0.3 is 0 Å². The molecule has 1 fully saturated rings. The first kappa shape index (κ1) is 21.5. The van der Waals surface area contributed by atoms with Crippen LogP contribution in [0.1, 0.15) is 31.3 Å². The fourth-order valence-electron chi connectivity index (χ4n) is 3.93. The molecule has 8 heteroatoms. The van der Waals surface area contributed by atoms with Gasteiger partial charge in [0.25, 0.3) is 5.91 Å². The van der Waals surface area contributed by atoms with Crippen LogP contribution in [0.4, 0.5) is 0 Å². The maximum atomic E-state index is 13.3. The number of carbonyl (C=O) groups excluding carboxylic acids is 2. The van der Waals surface area contributed by atoms with E-state index in [0.29, 0.717) is 18.8 Å². The van der Waals surface area contributed by atoms with Gasteiger partial charge in [-0.25, -0.2) is 5.01 Å². The monoisotopic (exact) mass is 425 g/mol. The number of hydrazone groups is 1. The second-order valence-electron chi connectivity index (χ2n) is 9.14. The minimum atomic E-state index is -0.251. The molecule has 0 spiro atoms. The van der Waals surface area contributed by atoms with Crippen molar-refractivity contribution in [1.82, 2.24) is 19.8 Å². The summed E-state index contributed by atoms with van der Waals surface area (Å²) in [5, 5.41) is 9.91. The van der Waals surface area contributed by atoms with E-state index < -0.39 is 0 Å². The Kier molecular flexibility index (Phi) is 6.11. The highest BCUT2D eigenvalue weighted by atomic mass is 16.5. The van der Waals surface area contributed by atoms with Crippen molar-refractivity contribution in [2.45, 2.75) is 27.3 Å². The minimum Gasteiger partial charge on any atom is -0.379 e. The van der Waals surface area contributed by atoms with Crippen LogP contribution in [0, 0.1) is 5.41 Å². The normalized spacial score (nSPS) is 18.0. The number of ether oxygens (including phenoxy) is 1. The van der Waals surface area contributed by atoms with Crippen LogP contribution in [0.15, 0.2) is 35.4 Å². The fraction of sp³-hybridized carbons (Fsp3) is 0.522. The number of hydrogen-bond acceptors (Lipinski definition) is 5. The summed E-state index contributed by atoms with van der Waals surface area (Å²) in [7, 11) is 0. The fourth-order valence-corrected chi connectivity index (χ4v) is 3.93. The van der Waals surface area contributed by atoms with Crippen molar-refractivity contribution in [2.24, 2.45) is 10.5 Å². The molecule has 2 amide bonds. The van der Waals surface area contributed by atoms with Crippen molar-refractivity contribution in [3.05, 3.63) is 36.0 Å². The average Bonchev–Trinajstić information content (AvgIpc) is 3.04. The summed E-state index contributed by atoms with van der Waals surface area (Å²) in [4.78, 5) is 28.2. The molecule has 1 aromatic heterocycles. The van der Waals surface area contributed by atoms with Crippen molar-refractivity contribution in [3.63, 3.8) is 0 Å². The predicted molar refractivity (Wildman–Crippen MR) is 120 cm³/mol. The standard InChI is InChI=1S/C23H31N5O3/c1-23(2,3)20-15-27-18-7-5-4-6-17(18)14-19(27)22(30)28(25-20)16-21(29)24-8-9-26-10-12-31-13-11-26/h4-7,14H,8-13,15-16H2,1-3H3,(H,24,29). The smallest absolute Gasteiger partial charge is 0.291 e. The first-order valence-electron chi connectivity index (χ1n) is 10.9. The molecule has 166 valence electrons. The minimum absolute atomic E-state index is 0.0942. The lowest BCUT2D eigenvalue weighted by molar-refractivity contribution is -0.121. The third kappa shape index (κ3) is 4.80. The zero-order valence-corrected chi connectivity index (χ0v) is 18.6. The molecule has 0 atom stereocenters. The van der Waals surface area contributed by atoms with E-state index in [2.05, 4.69) is 36.1 Å². The summed E-state index contributed by atoms with van der Waals surface area (Å²) in [6.45, 7) is 11.2. The SMILES string of the molecule is CC(C)(C)C1=NN(CC(=O)NCCN2CCOCC2)C(=O)c2cc3ccccc3n2C1. The maximum Gasteiger partial charge on any atom is 0.291 e. The van der Waals surface area contributed by atoms with Gasteiger partial charge in [0.1, 0.15) is 12.2 Å². The average molecular weight is 426 g/mol. The summed E-state index contributed by atoms with van der Waals surface area (Å²) >= 11 is 0. The third-order valence-electron chi connectivity index (χ3n) is 5.83. The molecule has 2 aliphatic rings. The Morgan fingerprint density at radius 2 is 1.94 bits per heavy atom. The summed E-state index contributed by atoms with van der Waals surface area (Å²) in [5.74, 6) is -0.457. The molecule has 0 radical (unpaired) electrons. The molecule has 2 aromatic rings. The summed E-state index contributed by atoms with van der Waals surface area (Å²) in [5.41, 5.74) is 2.19. The van der Waals surface area contributed by atoms with Crippen molar-refractivity contribution >= 4 is 28.4 Å². The molecule has 1 saturated heterocycles. The zero-order chi connectivity index (χ0) is 22.0. The molecule has 0 bridgehead atoms. The van der Waals surface area contributed by atoms with Crippen LogP contribution in [0.2, 0.25) is 0 Å². The van der Waals surface area contributed by atoms with Gasteiger partial charge in [-0.2, -0.15) is 5.10 Å². The highest BCUT2D eigenvalue weighted by Gasteiger charge is 2.31. The molecule has 3 heterocycles. The number of rotatable bonds is 5. The van der Waals surface area contributed by atoms with Gasteiger partial charge in [-0.1, -0.05) is 39.0 Å². The van der Waals surface area contributed by atoms with Crippen molar-refractivity contribution in [2.75, 3.05) is 45.9 Å². The molecular formula is C23H31N5O3. The van der Waals surface area contributed by atoms with Gasteiger partial charge < -0.3 is 14.6 Å². The third-order valence-corrected chi connectivity index (χ3v) is 5.83. The van der Waals surface area contributed by atoms with Gasteiger partial charge in [-0.3, -0.25) is 14.5 Å². The van der Waals surface area contributed by atoms with Crippen LogP contribution >= 0.6 is 0 Å². The van der Waals surface area contributed by atoms with Crippen molar-refractivity contribution in [1.29, 1.82) is 0 Å². The number of carbonyl (C=O) groups is 2. The number of amides is 2. The summed E-state index contributed by atoms with van der Waals surface area (Å²) in [6, 6.07) is 9.84. The predicted octanol–water partition coefficient (Wildman–Crippen LogP) is 1.95.